The summed E-state index contributed by atoms with van der Waals surface area (Å²) >= 11 is 0. The third-order valence-corrected chi connectivity index (χ3v) is 5.91. The molecule has 1 heterocycles. The van der Waals surface area contributed by atoms with Crippen LogP contribution in [0.1, 0.15) is 44.5 Å². The zero-order chi connectivity index (χ0) is 24.9. The Morgan fingerprint density at radius 1 is 1.09 bits per heavy atom. The number of aromatic nitrogens is 1. The molecule has 0 aliphatic carbocycles. The van der Waals surface area contributed by atoms with Gasteiger partial charge in [0.05, 0.1) is 12.1 Å². The van der Waals surface area contributed by atoms with E-state index >= 15 is 0 Å². The van der Waals surface area contributed by atoms with Crippen LogP contribution in [0.3, 0.4) is 0 Å². The van der Waals surface area contributed by atoms with E-state index in [1.165, 1.54) is 6.07 Å². The number of carbonyl (C=O) groups is 1. The molecule has 0 saturated carbocycles. The Balaban J connectivity index is 1.99. The van der Waals surface area contributed by atoms with Crippen molar-refractivity contribution in [2.24, 2.45) is 11.1 Å². The summed E-state index contributed by atoms with van der Waals surface area (Å²) in [6.07, 6.45) is 2.34. The van der Waals surface area contributed by atoms with Crippen molar-refractivity contribution < 1.29 is 13.6 Å². The first-order chi connectivity index (χ1) is 16.1. The van der Waals surface area contributed by atoms with Crippen molar-refractivity contribution in [2.75, 3.05) is 13.6 Å². The van der Waals surface area contributed by atoms with E-state index in [1.807, 2.05) is 42.6 Å². The summed E-state index contributed by atoms with van der Waals surface area (Å²) in [6, 6.07) is 14.7. The van der Waals surface area contributed by atoms with Crippen molar-refractivity contribution in [3.8, 4) is 11.1 Å². The van der Waals surface area contributed by atoms with Gasteiger partial charge in [0.1, 0.15) is 11.6 Å². The van der Waals surface area contributed by atoms with Crippen LogP contribution in [0.25, 0.3) is 11.1 Å². The summed E-state index contributed by atoms with van der Waals surface area (Å²) in [5.74, 6) is -1.16. The number of nitrogens with one attached hydrogen (secondary N) is 2. The highest BCUT2D eigenvalue weighted by Gasteiger charge is 2.30. The van der Waals surface area contributed by atoms with Crippen LogP contribution in [0, 0.1) is 17.0 Å². The molecule has 0 aliphatic heterocycles. The van der Waals surface area contributed by atoms with Gasteiger partial charge in [-0.15, -0.1) is 0 Å². The van der Waals surface area contributed by atoms with Crippen LogP contribution in [0.4, 0.5) is 8.78 Å². The molecule has 1 amide bonds. The molecule has 0 radical (unpaired) electrons. The van der Waals surface area contributed by atoms with Crippen LogP contribution in [0.5, 0.6) is 0 Å². The molecule has 3 aromatic rings. The fourth-order valence-electron chi connectivity index (χ4n) is 4.11. The molecule has 34 heavy (non-hydrogen) atoms. The SMILES string of the molecule is CNC(=O)[C@@H](N)CCN[C@@H](c1cc(-c2cc(F)ccc2F)cn1Cc1ccccc1)C(C)(C)C. The van der Waals surface area contributed by atoms with Crippen molar-refractivity contribution >= 4 is 5.91 Å². The Morgan fingerprint density at radius 2 is 1.79 bits per heavy atom. The number of nitrogens with two attached hydrogens (primary N) is 1. The number of rotatable bonds is 9. The third kappa shape index (κ3) is 6.30. The third-order valence-electron chi connectivity index (χ3n) is 5.91. The van der Waals surface area contributed by atoms with Crippen molar-refractivity contribution in [1.82, 2.24) is 15.2 Å². The van der Waals surface area contributed by atoms with E-state index in [1.54, 1.807) is 7.05 Å². The molecule has 0 spiro atoms. The van der Waals surface area contributed by atoms with Crippen LogP contribution in [-0.2, 0) is 11.3 Å². The van der Waals surface area contributed by atoms with Gasteiger partial charge in [0, 0.05) is 36.6 Å². The molecule has 2 aromatic carbocycles. The number of hydrogen-bond acceptors (Lipinski definition) is 3. The van der Waals surface area contributed by atoms with Gasteiger partial charge in [-0.25, -0.2) is 8.78 Å². The highest BCUT2D eigenvalue weighted by molar-refractivity contribution is 5.81. The Morgan fingerprint density at radius 3 is 2.44 bits per heavy atom. The predicted molar refractivity (Wildman–Crippen MR) is 132 cm³/mol. The summed E-state index contributed by atoms with van der Waals surface area (Å²) in [6.45, 7) is 7.46. The second-order valence-corrected chi connectivity index (χ2v) is 9.65. The zero-order valence-electron chi connectivity index (χ0n) is 20.2. The van der Waals surface area contributed by atoms with Gasteiger partial charge in [0.25, 0.3) is 0 Å². The van der Waals surface area contributed by atoms with Crippen LogP contribution in [0.15, 0.2) is 60.8 Å². The minimum Gasteiger partial charge on any atom is -0.358 e. The van der Waals surface area contributed by atoms with E-state index in [0.717, 1.165) is 23.4 Å². The average molecular weight is 469 g/mol. The molecular weight excluding hydrogens is 434 g/mol. The lowest BCUT2D eigenvalue weighted by Crippen LogP contribution is -2.42. The summed E-state index contributed by atoms with van der Waals surface area (Å²) in [7, 11) is 1.57. The minimum atomic E-state index is -0.605. The number of nitrogens with zero attached hydrogens (tertiary/aromatic N) is 1. The normalized spacial score (nSPS) is 13.5. The molecule has 0 aliphatic rings. The fraction of sp³-hybridized carbons (Fsp3) is 0.370. The largest absolute Gasteiger partial charge is 0.358 e. The van der Waals surface area contributed by atoms with E-state index in [0.29, 0.717) is 25.1 Å². The Bertz CT molecular complexity index is 1110. The highest BCUT2D eigenvalue weighted by Crippen LogP contribution is 2.37. The smallest absolute Gasteiger partial charge is 0.236 e. The standard InChI is InChI=1S/C27H34F2N4O/c1-27(2,3)25(32-13-12-23(30)26(34)31-4)24-14-19(21-15-20(28)10-11-22(21)29)17-33(24)16-18-8-6-5-7-9-18/h5-11,14-15,17,23,25,32H,12-13,16,30H2,1-4H3,(H,31,34)/t23-,25-/m0/s1. The van der Waals surface area contributed by atoms with Crippen LogP contribution in [0.2, 0.25) is 0 Å². The predicted octanol–water partition coefficient (Wildman–Crippen LogP) is 4.62. The van der Waals surface area contributed by atoms with E-state index in [9.17, 15) is 13.6 Å². The molecule has 4 N–H and O–H groups in total. The van der Waals surface area contributed by atoms with Crippen molar-refractivity contribution in [3.05, 3.63) is 83.7 Å². The lowest BCUT2D eigenvalue weighted by molar-refractivity contribution is -0.121. The lowest BCUT2D eigenvalue weighted by atomic mass is 9.84. The Kier molecular flexibility index (Phi) is 8.23. The summed E-state index contributed by atoms with van der Waals surface area (Å²) in [4.78, 5) is 11.8. The van der Waals surface area contributed by atoms with Crippen molar-refractivity contribution in [2.45, 2.75) is 45.8 Å². The highest BCUT2D eigenvalue weighted by atomic mass is 19.1. The molecule has 0 unspecified atom stereocenters. The van der Waals surface area contributed by atoms with Gasteiger partial charge in [-0.2, -0.15) is 0 Å². The van der Waals surface area contributed by atoms with Gasteiger partial charge in [-0.1, -0.05) is 51.1 Å². The molecule has 0 fully saturated rings. The number of benzene rings is 2. The number of halogens is 2. The first-order valence-electron chi connectivity index (χ1n) is 11.5. The average Bonchev–Trinajstić information content (AvgIpc) is 3.20. The maximum absolute atomic E-state index is 14.6. The van der Waals surface area contributed by atoms with E-state index in [-0.39, 0.29) is 22.9 Å². The molecular formula is C27H34F2N4O. The molecule has 0 saturated heterocycles. The number of hydrogen-bond donors (Lipinski definition) is 3. The fourth-order valence-corrected chi connectivity index (χ4v) is 4.11. The zero-order valence-corrected chi connectivity index (χ0v) is 20.2. The van der Waals surface area contributed by atoms with Gasteiger partial charge < -0.3 is 20.9 Å². The molecule has 182 valence electrons. The number of amides is 1. The molecule has 1 aromatic heterocycles. The Labute approximate surface area is 200 Å². The quantitative estimate of drug-likeness (QED) is 0.429. The lowest BCUT2D eigenvalue weighted by Gasteiger charge is -2.33. The van der Waals surface area contributed by atoms with Crippen LogP contribution >= 0.6 is 0 Å². The maximum atomic E-state index is 14.6. The van der Waals surface area contributed by atoms with E-state index < -0.39 is 17.7 Å². The van der Waals surface area contributed by atoms with Gasteiger partial charge in [0.2, 0.25) is 5.91 Å². The van der Waals surface area contributed by atoms with Gasteiger partial charge in [-0.3, -0.25) is 4.79 Å². The number of carbonyl (C=O) groups excluding carboxylic acids is 1. The van der Waals surface area contributed by atoms with Crippen molar-refractivity contribution in [3.63, 3.8) is 0 Å². The van der Waals surface area contributed by atoms with E-state index in [2.05, 4.69) is 36.0 Å². The molecule has 7 heteroatoms. The number of likely N-dealkylation sites (N-methyl/N-ethyl adjacent to an activating group) is 1. The minimum absolute atomic E-state index is 0.126. The van der Waals surface area contributed by atoms with Gasteiger partial charge in [-0.05, 0) is 48.2 Å². The molecule has 3 rings (SSSR count). The van der Waals surface area contributed by atoms with Crippen molar-refractivity contribution in [1.29, 1.82) is 0 Å². The monoisotopic (exact) mass is 468 g/mol. The van der Waals surface area contributed by atoms with Crippen LogP contribution in [-0.4, -0.2) is 30.1 Å². The Hall–Kier alpha value is -3.03. The maximum Gasteiger partial charge on any atom is 0.236 e. The molecule has 2 atom stereocenters. The molecule has 0 bridgehead atoms. The van der Waals surface area contributed by atoms with Gasteiger partial charge in [0.15, 0.2) is 0 Å². The second-order valence-electron chi connectivity index (χ2n) is 9.65. The van der Waals surface area contributed by atoms with Gasteiger partial charge >= 0.3 is 0 Å². The first-order valence-corrected chi connectivity index (χ1v) is 11.5. The topological polar surface area (TPSA) is 72.1 Å². The summed E-state index contributed by atoms with van der Waals surface area (Å²) in [5, 5.41) is 6.12. The van der Waals surface area contributed by atoms with E-state index in [4.69, 9.17) is 5.73 Å². The summed E-state index contributed by atoms with van der Waals surface area (Å²) in [5.41, 5.74) is 8.64. The second kappa shape index (κ2) is 10.9. The van der Waals surface area contributed by atoms with Crippen LogP contribution < -0.4 is 16.4 Å². The summed E-state index contributed by atoms with van der Waals surface area (Å²) < 4.78 is 30.6. The molecule has 5 nitrogen and oxygen atoms in total. The first kappa shape index (κ1) is 25.6.